The Morgan fingerprint density at radius 1 is 0.935 bits per heavy atom. The van der Waals surface area contributed by atoms with E-state index in [1.165, 1.54) is 11.1 Å². The molecule has 3 aromatic carbocycles. The van der Waals surface area contributed by atoms with Crippen molar-refractivity contribution in [2.24, 2.45) is 0 Å². The van der Waals surface area contributed by atoms with Crippen molar-refractivity contribution < 1.29 is 23.9 Å². The van der Waals surface area contributed by atoms with E-state index in [1.54, 1.807) is 33.8 Å². The number of carbonyl (C=O) groups is 3. The summed E-state index contributed by atoms with van der Waals surface area (Å²) in [5.41, 5.74) is 4.40. The fraction of sp³-hybridized carbons (Fsp3) is 0.405. The number of aromatic nitrogens is 2. The Hall–Kier alpha value is -4.66. The monoisotopic (exact) mass is 624 g/mol. The normalized spacial score (nSPS) is 14.1. The van der Waals surface area contributed by atoms with Crippen LogP contribution in [0.1, 0.15) is 81.8 Å². The fourth-order valence-electron chi connectivity index (χ4n) is 5.96. The zero-order valence-corrected chi connectivity index (χ0v) is 27.3. The van der Waals surface area contributed by atoms with Gasteiger partial charge < -0.3 is 19.7 Å². The van der Waals surface area contributed by atoms with Crippen LogP contribution in [0.4, 0.5) is 10.5 Å². The summed E-state index contributed by atoms with van der Waals surface area (Å²) in [6.07, 6.45) is 3.47. The second-order valence-electron chi connectivity index (χ2n) is 12.7. The third kappa shape index (κ3) is 8.13. The first-order chi connectivity index (χ1) is 22.1. The van der Waals surface area contributed by atoms with Gasteiger partial charge in [0.15, 0.2) is 0 Å². The van der Waals surface area contributed by atoms with Crippen LogP contribution < -0.4 is 10.2 Å². The van der Waals surface area contributed by atoms with Crippen LogP contribution >= 0.6 is 0 Å². The van der Waals surface area contributed by atoms with Gasteiger partial charge in [-0.1, -0.05) is 54.6 Å². The Morgan fingerprint density at radius 2 is 1.65 bits per heavy atom. The van der Waals surface area contributed by atoms with E-state index in [1.807, 2.05) is 48.5 Å². The maximum absolute atomic E-state index is 13.8. The minimum atomic E-state index is -0.708. The van der Waals surface area contributed by atoms with E-state index < -0.39 is 11.7 Å². The van der Waals surface area contributed by atoms with Gasteiger partial charge in [0, 0.05) is 36.1 Å². The van der Waals surface area contributed by atoms with Gasteiger partial charge in [-0.3, -0.25) is 9.59 Å². The standard InChI is InChI=1S/C37H44N4O5/c1-5-45-34(43)21-19-30-29-24-26(18-20-32(29)41(39-30)36(44)46-37(2,3)4)25-33(42)38-35(27-14-8-6-9-15-27)28-16-10-11-17-31(28)40-22-12-7-13-23-40/h6,8-11,14-18,20,24,35H,5,7,12-13,19,21-23,25H2,1-4H3,(H,38,42). The van der Waals surface area contributed by atoms with E-state index in [0.29, 0.717) is 16.6 Å². The molecule has 4 aromatic rings. The van der Waals surface area contributed by atoms with E-state index in [-0.39, 0.29) is 43.8 Å². The summed E-state index contributed by atoms with van der Waals surface area (Å²) in [5, 5.41) is 8.55. The van der Waals surface area contributed by atoms with Crippen molar-refractivity contribution in [1.29, 1.82) is 0 Å². The molecule has 46 heavy (non-hydrogen) atoms. The molecule has 0 spiro atoms. The lowest BCUT2D eigenvalue weighted by Gasteiger charge is -2.33. The number of amides is 1. The molecule has 5 rings (SSSR count). The zero-order valence-electron chi connectivity index (χ0n) is 27.3. The molecule has 0 bridgehead atoms. The summed E-state index contributed by atoms with van der Waals surface area (Å²) in [6.45, 7) is 9.44. The number of rotatable bonds is 10. The molecular weight excluding hydrogens is 580 g/mol. The van der Waals surface area contributed by atoms with Crippen LogP contribution in [-0.2, 0) is 31.9 Å². The van der Waals surface area contributed by atoms with E-state index in [4.69, 9.17) is 9.47 Å². The van der Waals surface area contributed by atoms with Crippen molar-refractivity contribution in [2.75, 3.05) is 24.6 Å². The van der Waals surface area contributed by atoms with Crippen LogP contribution in [-0.4, -0.2) is 53.0 Å². The Kier molecular flexibility index (Phi) is 10.4. The molecule has 1 fully saturated rings. The van der Waals surface area contributed by atoms with Crippen molar-refractivity contribution in [3.63, 3.8) is 0 Å². The number of carbonyl (C=O) groups excluding carboxylic acids is 3. The second kappa shape index (κ2) is 14.6. The summed E-state index contributed by atoms with van der Waals surface area (Å²) in [7, 11) is 0. The zero-order chi connectivity index (χ0) is 32.7. The van der Waals surface area contributed by atoms with Gasteiger partial charge in [0.25, 0.3) is 0 Å². The molecule has 0 radical (unpaired) electrons. The molecule has 9 heteroatoms. The molecule has 1 aliphatic rings. The molecule has 1 aromatic heterocycles. The predicted molar refractivity (Wildman–Crippen MR) is 179 cm³/mol. The summed E-state index contributed by atoms with van der Waals surface area (Å²) < 4.78 is 11.9. The van der Waals surface area contributed by atoms with E-state index >= 15 is 0 Å². The quantitative estimate of drug-likeness (QED) is 0.195. The summed E-state index contributed by atoms with van der Waals surface area (Å²) >= 11 is 0. The van der Waals surface area contributed by atoms with Gasteiger partial charge in [-0.2, -0.15) is 9.78 Å². The second-order valence-corrected chi connectivity index (χ2v) is 12.7. The first kappa shape index (κ1) is 32.7. The smallest absolute Gasteiger partial charge is 0.435 e. The number of ether oxygens (including phenoxy) is 2. The maximum atomic E-state index is 13.8. The highest BCUT2D eigenvalue weighted by molar-refractivity contribution is 5.91. The Bertz CT molecular complexity index is 1670. The first-order valence-electron chi connectivity index (χ1n) is 16.2. The summed E-state index contributed by atoms with van der Waals surface area (Å²) in [6, 6.07) is 23.6. The van der Waals surface area contributed by atoms with Crippen LogP contribution in [0.25, 0.3) is 10.9 Å². The van der Waals surface area contributed by atoms with Crippen LogP contribution in [0.5, 0.6) is 0 Å². The third-order valence-corrected chi connectivity index (χ3v) is 8.01. The van der Waals surface area contributed by atoms with Gasteiger partial charge in [0.2, 0.25) is 5.91 Å². The summed E-state index contributed by atoms with van der Waals surface area (Å²) in [5.74, 6) is -0.468. The molecule has 1 N–H and O–H groups in total. The number of benzene rings is 3. The average Bonchev–Trinajstić information content (AvgIpc) is 3.41. The van der Waals surface area contributed by atoms with Crippen molar-refractivity contribution in [3.8, 4) is 0 Å². The highest BCUT2D eigenvalue weighted by Gasteiger charge is 2.25. The predicted octanol–water partition coefficient (Wildman–Crippen LogP) is 6.75. The van der Waals surface area contributed by atoms with Crippen molar-refractivity contribution in [3.05, 3.63) is 95.2 Å². The van der Waals surface area contributed by atoms with Crippen LogP contribution in [0, 0.1) is 0 Å². The molecule has 1 atom stereocenters. The van der Waals surface area contributed by atoms with Gasteiger partial charge in [-0.15, -0.1) is 0 Å². The van der Waals surface area contributed by atoms with Crippen LogP contribution in [0.15, 0.2) is 72.8 Å². The number of aryl methyl sites for hydroxylation is 1. The molecule has 2 heterocycles. The van der Waals surface area contributed by atoms with Crippen LogP contribution in [0.3, 0.4) is 0 Å². The van der Waals surface area contributed by atoms with Crippen molar-refractivity contribution >= 4 is 34.6 Å². The largest absolute Gasteiger partial charge is 0.466 e. The van der Waals surface area contributed by atoms with Gasteiger partial charge in [-0.25, -0.2) is 4.79 Å². The van der Waals surface area contributed by atoms with Gasteiger partial charge in [0.05, 0.1) is 36.7 Å². The Balaban J connectivity index is 1.43. The lowest BCUT2D eigenvalue weighted by Crippen LogP contribution is -2.34. The summed E-state index contributed by atoms with van der Waals surface area (Å²) in [4.78, 5) is 41.4. The topological polar surface area (TPSA) is 103 Å². The number of hydrogen-bond acceptors (Lipinski definition) is 7. The number of esters is 1. The van der Waals surface area contributed by atoms with E-state index in [2.05, 4.69) is 33.5 Å². The minimum Gasteiger partial charge on any atom is -0.466 e. The van der Waals surface area contributed by atoms with Gasteiger partial charge >= 0.3 is 12.1 Å². The highest BCUT2D eigenvalue weighted by atomic mass is 16.6. The molecule has 1 aliphatic heterocycles. The Morgan fingerprint density at radius 3 is 2.37 bits per heavy atom. The molecule has 1 amide bonds. The Labute approximate surface area is 270 Å². The van der Waals surface area contributed by atoms with E-state index in [9.17, 15) is 14.4 Å². The first-order valence-corrected chi connectivity index (χ1v) is 16.2. The SMILES string of the molecule is CCOC(=O)CCc1nn(C(=O)OC(C)(C)C)c2ccc(CC(=O)NC(c3ccccc3)c3ccccc3N3CCCCC3)cc12. The number of anilines is 1. The molecule has 9 nitrogen and oxygen atoms in total. The minimum absolute atomic E-state index is 0.119. The molecule has 0 saturated carbocycles. The number of nitrogens with zero attached hydrogens (tertiary/aromatic N) is 3. The number of fused-ring (bicyclic) bond motifs is 1. The average molecular weight is 625 g/mol. The van der Waals surface area contributed by atoms with Crippen molar-refractivity contribution in [2.45, 2.75) is 77.9 Å². The molecule has 242 valence electrons. The number of nitrogens with one attached hydrogen (secondary N) is 1. The number of para-hydroxylation sites is 1. The van der Waals surface area contributed by atoms with Crippen LogP contribution in [0.2, 0.25) is 0 Å². The van der Waals surface area contributed by atoms with Gasteiger partial charge in [-0.05, 0) is 76.3 Å². The number of hydrogen-bond donors (Lipinski definition) is 1. The van der Waals surface area contributed by atoms with Crippen molar-refractivity contribution in [1.82, 2.24) is 15.1 Å². The highest BCUT2D eigenvalue weighted by Crippen LogP contribution is 2.33. The maximum Gasteiger partial charge on any atom is 0.435 e. The molecule has 1 saturated heterocycles. The molecule has 1 unspecified atom stereocenters. The van der Waals surface area contributed by atoms with Gasteiger partial charge in [0.1, 0.15) is 5.60 Å². The number of piperidine rings is 1. The fourth-order valence-corrected chi connectivity index (χ4v) is 5.96. The lowest BCUT2D eigenvalue weighted by atomic mass is 9.95. The lowest BCUT2D eigenvalue weighted by molar-refractivity contribution is -0.143. The molecule has 0 aliphatic carbocycles. The molecular formula is C37H44N4O5. The van der Waals surface area contributed by atoms with E-state index in [0.717, 1.165) is 48.3 Å². The third-order valence-electron chi connectivity index (χ3n) is 8.01.